The first-order valence-corrected chi connectivity index (χ1v) is 9.04. The van der Waals surface area contributed by atoms with E-state index in [0.717, 1.165) is 18.2 Å². The fraction of sp³-hybridized carbons (Fsp3) is 0.188. The van der Waals surface area contributed by atoms with Crippen molar-refractivity contribution in [1.82, 2.24) is 15.1 Å². The lowest BCUT2D eigenvalue weighted by Gasteiger charge is -2.01. The molecule has 0 saturated heterocycles. The van der Waals surface area contributed by atoms with Crippen LogP contribution in [0.3, 0.4) is 0 Å². The Morgan fingerprint density at radius 2 is 1.92 bits per heavy atom. The summed E-state index contributed by atoms with van der Waals surface area (Å²) in [6, 6.07) is 7.73. The Hall–Kier alpha value is -2.65. The summed E-state index contributed by atoms with van der Waals surface area (Å²) < 4.78 is 41.1. The molecular weight excluding hydrogens is 347 g/mol. The van der Waals surface area contributed by atoms with Gasteiger partial charge in [-0.25, -0.2) is 17.9 Å². The molecule has 7 nitrogen and oxygen atoms in total. The standard InChI is InChI=1S/C16H13FN4O3S/c17-11-5-10(7-19-8-11)15-20-16(24-21-15)14-6-13(14)9-1-3-12(4-2-9)25(18,22)23/h1-5,7-8,13-14H,6H2,(H2,18,22,23)/t13-,14+/m1/s1. The molecule has 1 saturated carbocycles. The Morgan fingerprint density at radius 3 is 2.60 bits per heavy atom. The molecule has 4 rings (SSSR count). The summed E-state index contributed by atoms with van der Waals surface area (Å²) in [4.78, 5) is 8.16. The van der Waals surface area contributed by atoms with E-state index in [1.165, 1.54) is 24.4 Å². The summed E-state index contributed by atoms with van der Waals surface area (Å²) in [6.07, 6.45) is 3.39. The van der Waals surface area contributed by atoms with Crippen LogP contribution in [0.5, 0.6) is 0 Å². The minimum absolute atomic E-state index is 0.0584. The van der Waals surface area contributed by atoms with Gasteiger partial charge in [0.1, 0.15) is 5.82 Å². The summed E-state index contributed by atoms with van der Waals surface area (Å²) in [5.41, 5.74) is 1.43. The largest absolute Gasteiger partial charge is 0.339 e. The molecule has 0 spiro atoms. The maximum absolute atomic E-state index is 13.2. The molecule has 25 heavy (non-hydrogen) atoms. The van der Waals surface area contributed by atoms with Gasteiger partial charge in [0, 0.05) is 17.7 Å². The molecule has 0 aliphatic heterocycles. The van der Waals surface area contributed by atoms with Crippen molar-refractivity contribution in [3.8, 4) is 11.4 Å². The van der Waals surface area contributed by atoms with E-state index in [1.807, 2.05) is 0 Å². The number of hydrogen-bond acceptors (Lipinski definition) is 6. The number of halogens is 1. The Labute approximate surface area is 142 Å². The molecule has 1 aliphatic carbocycles. The first-order chi connectivity index (χ1) is 11.9. The molecule has 2 N–H and O–H groups in total. The number of nitrogens with two attached hydrogens (primary N) is 1. The molecule has 2 heterocycles. The molecule has 1 fully saturated rings. The highest BCUT2D eigenvalue weighted by atomic mass is 32.2. The van der Waals surface area contributed by atoms with Gasteiger partial charge in [0.25, 0.3) is 0 Å². The molecular formula is C16H13FN4O3S. The lowest BCUT2D eigenvalue weighted by atomic mass is 10.1. The van der Waals surface area contributed by atoms with Crippen LogP contribution in [0.15, 0.2) is 52.1 Å². The SMILES string of the molecule is NS(=O)(=O)c1ccc([C@H]2C[C@@H]2c2nc(-c3cncc(F)c3)no2)cc1. The predicted octanol–water partition coefficient (Wildman–Crippen LogP) is 2.19. The number of nitrogens with zero attached hydrogens (tertiary/aromatic N) is 3. The Bertz CT molecular complexity index is 1030. The van der Waals surface area contributed by atoms with Crippen LogP contribution < -0.4 is 5.14 Å². The highest BCUT2D eigenvalue weighted by Gasteiger charge is 2.43. The van der Waals surface area contributed by atoms with E-state index in [0.29, 0.717) is 11.5 Å². The summed E-state index contributed by atoms with van der Waals surface area (Å²) in [5.74, 6) is 0.525. The lowest BCUT2D eigenvalue weighted by Crippen LogP contribution is -2.11. The number of hydrogen-bond donors (Lipinski definition) is 1. The fourth-order valence-corrected chi connectivity index (χ4v) is 3.29. The van der Waals surface area contributed by atoms with Crippen LogP contribution in [-0.2, 0) is 10.0 Å². The van der Waals surface area contributed by atoms with E-state index >= 15 is 0 Å². The van der Waals surface area contributed by atoms with Gasteiger partial charge in [0.15, 0.2) is 0 Å². The fourth-order valence-electron chi connectivity index (χ4n) is 2.78. The van der Waals surface area contributed by atoms with E-state index in [4.69, 9.17) is 9.66 Å². The van der Waals surface area contributed by atoms with Gasteiger partial charge in [-0.3, -0.25) is 4.98 Å². The van der Waals surface area contributed by atoms with Gasteiger partial charge >= 0.3 is 0 Å². The Balaban J connectivity index is 1.52. The van der Waals surface area contributed by atoms with E-state index in [1.54, 1.807) is 12.1 Å². The van der Waals surface area contributed by atoms with E-state index in [9.17, 15) is 12.8 Å². The second-order valence-electron chi connectivity index (χ2n) is 5.91. The van der Waals surface area contributed by atoms with Crippen molar-refractivity contribution in [1.29, 1.82) is 0 Å². The van der Waals surface area contributed by atoms with E-state index < -0.39 is 15.8 Å². The van der Waals surface area contributed by atoms with Gasteiger partial charge in [0.2, 0.25) is 21.7 Å². The van der Waals surface area contributed by atoms with Gasteiger partial charge in [-0.15, -0.1) is 0 Å². The highest BCUT2D eigenvalue weighted by molar-refractivity contribution is 7.89. The number of aromatic nitrogens is 3. The van der Waals surface area contributed by atoms with Crippen molar-refractivity contribution in [3.05, 3.63) is 60.0 Å². The number of primary sulfonamides is 1. The van der Waals surface area contributed by atoms with Gasteiger partial charge < -0.3 is 4.52 Å². The minimum Gasteiger partial charge on any atom is -0.339 e. The lowest BCUT2D eigenvalue weighted by molar-refractivity contribution is 0.378. The van der Waals surface area contributed by atoms with Crippen LogP contribution in [-0.4, -0.2) is 23.5 Å². The van der Waals surface area contributed by atoms with Crippen molar-refractivity contribution in [2.24, 2.45) is 5.14 Å². The maximum Gasteiger partial charge on any atom is 0.238 e. The second kappa shape index (κ2) is 5.71. The van der Waals surface area contributed by atoms with Crippen molar-refractivity contribution in [2.75, 3.05) is 0 Å². The van der Waals surface area contributed by atoms with Crippen LogP contribution in [0.2, 0.25) is 0 Å². The zero-order valence-corrected chi connectivity index (χ0v) is 13.6. The predicted molar refractivity (Wildman–Crippen MR) is 85.4 cm³/mol. The Morgan fingerprint density at radius 1 is 1.16 bits per heavy atom. The van der Waals surface area contributed by atoms with E-state index in [2.05, 4.69) is 15.1 Å². The van der Waals surface area contributed by atoms with Crippen LogP contribution in [0.25, 0.3) is 11.4 Å². The van der Waals surface area contributed by atoms with Crippen molar-refractivity contribution < 1.29 is 17.3 Å². The van der Waals surface area contributed by atoms with Gasteiger partial charge in [-0.1, -0.05) is 17.3 Å². The average molecular weight is 360 g/mol. The van der Waals surface area contributed by atoms with Crippen LogP contribution >= 0.6 is 0 Å². The normalized spacial score (nSPS) is 19.8. The minimum atomic E-state index is -3.70. The summed E-state index contributed by atoms with van der Waals surface area (Å²) in [6.45, 7) is 0. The zero-order chi connectivity index (χ0) is 17.6. The number of rotatable bonds is 4. The summed E-state index contributed by atoms with van der Waals surface area (Å²) >= 11 is 0. The molecule has 2 atom stereocenters. The monoisotopic (exact) mass is 360 g/mol. The quantitative estimate of drug-likeness (QED) is 0.763. The molecule has 0 unspecified atom stereocenters. The molecule has 128 valence electrons. The third-order valence-electron chi connectivity index (χ3n) is 4.15. The number of benzene rings is 1. The van der Waals surface area contributed by atoms with Gasteiger partial charge in [0.05, 0.1) is 11.1 Å². The average Bonchev–Trinajstić information content (AvgIpc) is 3.22. The Kier molecular flexibility index (Phi) is 3.62. The third kappa shape index (κ3) is 3.15. The molecule has 1 aromatic carbocycles. The first-order valence-electron chi connectivity index (χ1n) is 7.49. The van der Waals surface area contributed by atoms with Crippen molar-refractivity contribution in [2.45, 2.75) is 23.2 Å². The van der Waals surface area contributed by atoms with Gasteiger partial charge in [-0.05, 0) is 36.1 Å². The van der Waals surface area contributed by atoms with Crippen LogP contribution in [0.1, 0.15) is 29.7 Å². The highest BCUT2D eigenvalue weighted by Crippen LogP contribution is 2.54. The molecule has 9 heteroatoms. The van der Waals surface area contributed by atoms with E-state index in [-0.39, 0.29) is 22.6 Å². The van der Waals surface area contributed by atoms with Crippen LogP contribution in [0, 0.1) is 5.82 Å². The molecule has 0 bridgehead atoms. The smallest absolute Gasteiger partial charge is 0.238 e. The molecule has 2 aromatic heterocycles. The molecule has 0 radical (unpaired) electrons. The third-order valence-corrected chi connectivity index (χ3v) is 5.08. The number of pyridine rings is 1. The topological polar surface area (TPSA) is 112 Å². The summed E-state index contributed by atoms with van der Waals surface area (Å²) in [7, 11) is -3.70. The van der Waals surface area contributed by atoms with Crippen molar-refractivity contribution >= 4 is 10.0 Å². The maximum atomic E-state index is 13.2. The summed E-state index contributed by atoms with van der Waals surface area (Å²) in [5, 5.41) is 8.97. The first kappa shape index (κ1) is 15.9. The molecule has 1 aliphatic rings. The molecule has 3 aromatic rings. The number of sulfonamides is 1. The molecule has 0 amide bonds. The zero-order valence-electron chi connectivity index (χ0n) is 12.8. The van der Waals surface area contributed by atoms with Gasteiger partial charge in [-0.2, -0.15) is 4.98 Å². The second-order valence-corrected chi connectivity index (χ2v) is 7.47. The van der Waals surface area contributed by atoms with Crippen LogP contribution in [0.4, 0.5) is 4.39 Å². The van der Waals surface area contributed by atoms with Crippen molar-refractivity contribution in [3.63, 3.8) is 0 Å².